The molecule has 0 spiro atoms. The first kappa shape index (κ1) is 22.2. The highest BCUT2D eigenvalue weighted by Crippen LogP contribution is 2.34. The van der Waals surface area contributed by atoms with Crippen molar-refractivity contribution in [2.45, 2.75) is 32.8 Å². The summed E-state index contributed by atoms with van der Waals surface area (Å²) in [7, 11) is 0. The maximum Gasteiger partial charge on any atom is 0.294 e. The summed E-state index contributed by atoms with van der Waals surface area (Å²) >= 11 is 0.817. The number of benzene rings is 1. The first-order chi connectivity index (χ1) is 14.5. The lowest BCUT2D eigenvalue weighted by Crippen LogP contribution is -2.41. The Morgan fingerprint density at radius 3 is 2.73 bits per heavy atom. The highest BCUT2D eigenvalue weighted by Gasteiger charge is 2.36. The van der Waals surface area contributed by atoms with Crippen molar-refractivity contribution in [3.8, 4) is 11.5 Å². The summed E-state index contributed by atoms with van der Waals surface area (Å²) < 4.78 is 16.6. The van der Waals surface area contributed by atoms with E-state index in [2.05, 4.69) is 5.32 Å². The zero-order valence-corrected chi connectivity index (χ0v) is 18.0. The molecule has 3 rings (SSSR count). The molecule has 2 aliphatic heterocycles. The van der Waals surface area contributed by atoms with Crippen molar-refractivity contribution >= 4 is 34.9 Å². The van der Waals surface area contributed by atoms with Crippen LogP contribution >= 0.6 is 11.8 Å². The first-order valence-corrected chi connectivity index (χ1v) is 10.9. The van der Waals surface area contributed by atoms with Gasteiger partial charge in [-0.2, -0.15) is 0 Å². The van der Waals surface area contributed by atoms with Gasteiger partial charge in [-0.05, 0) is 62.2 Å². The molecule has 30 heavy (non-hydrogen) atoms. The summed E-state index contributed by atoms with van der Waals surface area (Å²) in [6.45, 7) is 5.52. The number of ether oxygens (including phenoxy) is 3. The SMILES string of the molecule is CCOc1ccc(/C=C2\SC(=O)N(CC(=O)NC[C@H]3CCCO3)C2=O)cc1OCC. The Balaban J connectivity index is 1.65. The molecule has 8 nitrogen and oxygen atoms in total. The minimum Gasteiger partial charge on any atom is -0.490 e. The fraction of sp³-hybridized carbons (Fsp3) is 0.476. The molecule has 2 heterocycles. The van der Waals surface area contributed by atoms with Crippen LogP contribution in [0.15, 0.2) is 23.1 Å². The van der Waals surface area contributed by atoms with E-state index in [9.17, 15) is 14.4 Å². The molecule has 0 bridgehead atoms. The van der Waals surface area contributed by atoms with Gasteiger partial charge in [-0.25, -0.2) is 0 Å². The number of nitrogens with one attached hydrogen (secondary N) is 1. The van der Waals surface area contributed by atoms with E-state index in [1.807, 2.05) is 13.8 Å². The molecule has 2 aliphatic rings. The zero-order chi connectivity index (χ0) is 21.5. The van der Waals surface area contributed by atoms with Gasteiger partial charge in [0.1, 0.15) is 6.54 Å². The lowest BCUT2D eigenvalue weighted by molar-refractivity contribution is -0.129. The number of carbonyl (C=O) groups is 3. The molecule has 1 aromatic carbocycles. The smallest absolute Gasteiger partial charge is 0.294 e. The van der Waals surface area contributed by atoms with Crippen molar-refractivity contribution in [1.29, 1.82) is 0 Å². The summed E-state index contributed by atoms with van der Waals surface area (Å²) in [6.07, 6.45) is 3.50. The van der Waals surface area contributed by atoms with E-state index in [0.29, 0.717) is 43.4 Å². The lowest BCUT2D eigenvalue weighted by atomic mass is 10.2. The zero-order valence-electron chi connectivity index (χ0n) is 17.1. The molecule has 1 N–H and O–H groups in total. The number of carbonyl (C=O) groups excluding carboxylic acids is 3. The van der Waals surface area contributed by atoms with Crippen molar-refractivity contribution in [1.82, 2.24) is 10.2 Å². The number of imide groups is 1. The normalized spacial score (nSPS) is 20.1. The molecular formula is C21H26N2O6S. The molecule has 0 radical (unpaired) electrons. The van der Waals surface area contributed by atoms with Gasteiger partial charge in [0.05, 0.1) is 24.2 Å². The molecule has 0 aromatic heterocycles. The second-order valence-corrected chi connectivity index (χ2v) is 7.77. The monoisotopic (exact) mass is 434 g/mol. The number of hydrogen-bond donors (Lipinski definition) is 1. The molecule has 2 fully saturated rings. The van der Waals surface area contributed by atoms with Crippen LogP contribution in [0.1, 0.15) is 32.3 Å². The van der Waals surface area contributed by atoms with Gasteiger partial charge < -0.3 is 19.5 Å². The van der Waals surface area contributed by atoms with E-state index in [0.717, 1.165) is 29.5 Å². The van der Waals surface area contributed by atoms with Gasteiger partial charge in [0.15, 0.2) is 11.5 Å². The van der Waals surface area contributed by atoms with Crippen LogP contribution in [0, 0.1) is 0 Å². The minimum absolute atomic E-state index is 0.00274. The summed E-state index contributed by atoms with van der Waals surface area (Å²) in [4.78, 5) is 38.3. The van der Waals surface area contributed by atoms with Crippen LogP contribution in [0.4, 0.5) is 4.79 Å². The Morgan fingerprint density at radius 1 is 1.27 bits per heavy atom. The summed E-state index contributed by atoms with van der Waals surface area (Å²) in [5.74, 6) is 0.325. The first-order valence-electron chi connectivity index (χ1n) is 10.0. The largest absolute Gasteiger partial charge is 0.490 e. The standard InChI is InChI=1S/C21H26N2O6S/c1-3-27-16-8-7-14(10-17(16)28-4-2)11-18-20(25)23(21(26)30-18)13-19(24)22-12-15-6-5-9-29-15/h7-8,10-11,15H,3-6,9,12-13H2,1-2H3,(H,22,24)/b18-11-/t15-/m1/s1. The van der Waals surface area contributed by atoms with Gasteiger partial charge in [0.2, 0.25) is 5.91 Å². The van der Waals surface area contributed by atoms with Crippen molar-refractivity contribution in [3.05, 3.63) is 28.7 Å². The van der Waals surface area contributed by atoms with Crippen LogP contribution in [0.3, 0.4) is 0 Å². The number of hydrogen-bond acceptors (Lipinski definition) is 7. The van der Waals surface area contributed by atoms with Crippen LogP contribution in [0.25, 0.3) is 6.08 Å². The van der Waals surface area contributed by atoms with Crippen LogP contribution in [0.5, 0.6) is 11.5 Å². The molecule has 2 saturated heterocycles. The van der Waals surface area contributed by atoms with Gasteiger partial charge in [0.25, 0.3) is 11.1 Å². The number of nitrogens with zero attached hydrogens (tertiary/aromatic N) is 1. The molecule has 162 valence electrons. The number of amides is 3. The average molecular weight is 435 g/mol. The molecule has 0 aliphatic carbocycles. The maximum absolute atomic E-state index is 12.7. The Bertz CT molecular complexity index is 835. The van der Waals surface area contributed by atoms with Crippen LogP contribution in [0.2, 0.25) is 0 Å². The summed E-state index contributed by atoms with van der Waals surface area (Å²) in [5.41, 5.74) is 0.704. The Kier molecular flexibility index (Phi) is 7.75. The van der Waals surface area contributed by atoms with Crippen molar-refractivity contribution in [2.24, 2.45) is 0 Å². The third-order valence-corrected chi connectivity index (χ3v) is 5.50. The second kappa shape index (κ2) is 10.5. The van der Waals surface area contributed by atoms with Gasteiger partial charge in [0, 0.05) is 13.2 Å². The molecule has 0 unspecified atom stereocenters. The highest BCUT2D eigenvalue weighted by atomic mass is 32.2. The van der Waals surface area contributed by atoms with E-state index in [1.165, 1.54) is 0 Å². The van der Waals surface area contributed by atoms with Crippen molar-refractivity contribution in [2.75, 3.05) is 32.9 Å². The molecule has 9 heteroatoms. The quantitative estimate of drug-likeness (QED) is 0.597. The van der Waals surface area contributed by atoms with Crippen molar-refractivity contribution < 1.29 is 28.6 Å². The lowest BCUT2D eigenvalue weighted by Gasteiger charge is -2.14. The third-order valence-electron chi connectivity index (χ3n) is 4.59. The Hall–Kier alpha value is -2.52. The van der Waals surface area contributed by atoms with Gasteiger partial charge in [-0.1, -0.05) is 6.07 Å². The second-order valence-electron chi connectivity index (χ2n) is 6.78. The van der Waals surface area contributed by atoms with E-state index < -0.39 is 11.1 Å². The van der Waals surface area contributed by atoms with E-state index in [4.69, 9.17) is 14.2 Å². The number of rotatable bonds is 9. The predicted octanol–water partition coefficient (Wildman–Crippen LogP) is 2.82. The fourth-order valence-corrected chi connectivity index (χ4v) is 4.02. The van der Waals surface area contributed by atoms with E-state index in [1.54, 1.807) is 24.3 Å². The Labute approximate surface area is 179 Å². The molecule has 1 aromatic rings. The molecule has 0 saturated carbocycles. The van der Waals surface area contributed by atoms with Gasteiger partial charge >= 0.3 is 0 Å². The Morgan fingerprint density at radius 2 is 2.03 bits per heavy atom. The predicted molar refractivity (Wildman–Crippen MR) is 113 cm³/mol. The average Bonchev–Trinajstić information content (AvgIpc) is 3.33. The maximum atomic E-state index is 12.7. The van der Waals surface area contributed by atoms with Gasteiger partial charge in [-0.15, -0.1) is 0 Å². The van der Waals surface area contributed by atoms with Crippen LogP contribution in [-0.4, -0.2) is 61.0 Å². The molecule has 3 amide bonds. The fourth-order valence-electron chi connectivity index (χ4n) is 3.18. The van der Waals surface area contributed by atoms with E-state index in [-0.39, 0.29) is 23.5 Å². The molecule has 1 atom stereocenters. The number of thioether (sulfide) groups is 1. The minimum atomic E-state index is -0.482. The summed E-state index contributed by atoms with van der Waals surface area (Å²) in [5, 5.41) is 2.26. The van der Waals surface area contributed by atoms with Crippen LogP contribution < -0.4 is 14.8 Å². The highest BCUT2D eigenvalue weighted by molar-refractivity contribution is 8.18. The summed E-state index contributed by atoms with van der Waals surface area (Å²) in [6, 6.07) is 5.32. The van der Waals surface area contributed by atoms with Crippen molar-refractivity contribution in [3.63, 3.8) is 0 Å². The van der Waals surface area contributed by atoms with Gasteiger partial charge in [-0.3, -0.25) is 19.3 Å². The third kappa shape index (κ3) is 5.54. The van der Waals surface area contributed by atoms with Crippen LogP contribution in [-0.2, 0) is 14.3 Å². The molecular weight excluding hydrogens is 408 g/mol. The van der Waals surface area contributed by atoms with E-state index >= 15 is 0 Å². The topological polar surface area (TPSA) is 94.2 Å².